The van der Waals surface area contributed by atoms with Crippen molar-refractivity contribution in [3.8, 4) is 5.75 Å². The first-order valence-corrected chi connectivity index (χ1v) is 4.16. The number of aromatic nitrogens is 2. The van der Waals surface area contributed by atoms with Crippen LogP contribution in [0.3, 0.4) is 0 Å². The Labute approximate surface area is 75.0 Å². The number of anilines is 1. The van der Waals surface area contributed by atoms with E-state index < -0.39 is 6.17 Å². The third-order valence-electron chi connectivity index (χ3n) is 2.04. The molecule has 0 aromatic carbocycles. The van der Waals surface area contributed by atoms with Gasteiger partial charge in [0.2, 0.25) is 5.95 Å². The summed E-state index contributed by atoms with van der Waals surface area (Å²) in [5.74, 6) is 0.512. The molecule has 0 unspecified atom stereocenters. The van der Waals surface area contributed by atoms with Crippen LogP contribution in [-0.4, -0.2) is 34.3 Å². The molecule has 1 atom stereocenters. The maximum absolute atomic E-state index is 12.8. The lowest BCUT2D eigenvalue weighted by molar-refractivity contribution is 0.364. The van der Waals surface area contributed by atoms with Gasteiger partial charge in [0.05, 0.1) is 18.9 Å². The molecule has 70 valence electrons. The molecule has 0 radical (unpaired) electrons. The first-order chi connectivity index (χ1) is 6.25. The van der Waals surface area contributed by atoms with Gasteiger partial charge in [0.1, 0.15) is 6.17 Å². The molecule has 0 bridgehead atoms. The molecule has 13 heavy (non-hydrogen) atoms. The summed E-state index contributed by atoms with van der Waals surface area (Å²) >= 11 is 0. The Bertz CT molecular complexity index is 290. The predicted molar refractivity (Wildman–Crippen MR) is 45.4 cm³/mol. The van der Waals surface area contributed by atoms with Crippen molar-refractivity contribution in [2.75, 3.05) is 18.0 Å². The molecule has 0 spiro atoms. The Morgan fingerprint density at radius 2 is 2.15 bits per heavy atom. The lowest BCUT2D eigenvalue weighted by atomic mass is 10.3. The summed E-state index contributed by atoms with van der Waals surface area (Å²) in [6, 6.07) is 0. The average molecular weight is 183 g/mol. The molecule has 1 aliphatic rings. The largest absolute Gasteiger partial charge is 0.505 e. The fourth-order valence-electron chi connectivity index (χ4n) is 1.38. The SMILES string of the molecule is Oc1cnc(N2CC[C@H](F)C2)nc1. The maximum Gasteiger partial charge on any atom is 0.225 e. The molecule has 1 aliphatic heterocycles. The van der Waals surface area contributed by atoms with Crippen molar-refractivity contribution in [3.05, 3.63) is 12.4 Å². The molecular weight excluding hydrogens is 173 g/mol. The minimum Gasteiger partial charge on any atom is -0.505 e. The second kappa shape index (κ2) is 3.16. The molecule has 1 saturated heterocycles. The van der Waals surface area contributed by atoms with Crippen molar-refractivity contribution in [1.29, 1.82) is 0 Å². The Kier molecular flexibility index (Phi) is 2.00. The van der Waals surface area contributed by atoms with Gasteiger partial charge in [-0.2, -0.15) is 0 Å². The average Bonchev–Trinajstić information content (AvgIpc) is 2.53. The Hall–Kier alpha value is -1.39. The molecule has 0 amide bonds. The van der Waals surface area contributed by atoms with Gasteiger partial charge in [-0.1, -0.05) is 0 Å². The number of nitrogens with zero attached hydrogens (tertiary/aromatic N) is 3. The van der Waals surface area contributed by atoms with E-state index in [9.17, 15) is 4.39 Å². The van der Waals surface area contributed by atoms with Gasteiger partial charge in [0.15, 0.2) is 5.75 Å². The van der Waals surface area contributed by atoms with Gasteiger partial charge in [-0.15, -0.1) is 0 Å². The van der Waals surface area contributed by atoms with Crippen LogP contribution in [-0.2, 0) is 0 Å². The van der Waals surface area contributed by atoms with Crippen molar-refractivity contribution in [1.82, 2.24) is 9.97 Å². The highest BCUT2D eigenvalue weighted by Gasteiger charge is 2.23. The lowest BCUT2D eigenvalue weighted by Crippen LogP contribution is -2.22. The summed E-state index contributed by atoms with van der Waals surface area (Å²) in [5.41, 5.74) is 0. The fourth-order valence-corrected chi connectivity index (χ4v) is 1.38. The fraction of sp³-hybridized carbons (Fsp3) is 0.500. The van der Waals surface area contributed by atoms with E-state index in [-0.39, 0.29) is 5.75 Å². The normalized spacial score (nSPS) is 22.2. The van der Waals surface area contributed by atoms with Crippen LogP contribution in [0.25, 0.3) is 0 Å². The van der Waals surface area contributed by atoms with E-state index in [1.165, 1.54) is 12.4 Å². The van der Waals surface area contributed by atoms with Crippen molar-refractivity contribution in [3.63, 3.8) is 0 Å². The third-order valence-corrected chi connectivity index (χ3v) is 2.04. The molecule has 1 aromatic heterocycles. The molecule has 5 heteroatoms. The second-order valence-electron chi connectivity index (χ2n) is 3.07. The van der Waals surface area contributed by atoms with Crippen LogP contribution in [0.15, 0.2) is 12.4 Å². The first-order valence-electron chi connectivity index (χ1n) is 4.16. The first kappa shape index (κ1) is 8.22. The maximum atomic E-state index is 12.8. The molecule has 1 aromatic rings. The third kappa shape index (κ3) is 1.68. The standard InChI is InChI=1S/C8H10FN3O/c9-6-1-2-12(5-6)8-10-3-7(13)4-11-8/h3-4,6,13H,1-2,5H2/t6-/m0/s1. The van der Waals surface area contributed by atoms with Gasteiger partial charge in [-0.05, 0) is 6.42 Å². The zero-order chi connectivity index (χ0) is 9.26. The number of hydrogen-bond donors (Lipinski definition) is 1. The van der Waals surface area contributed by atoms with E-state index in [0.717, 1.165) is 0 Å². The highest BCUT2D eigenvalue weighted by atomic mass is 19.1. The number of rotatable bonds is 1. The van der Waals surface area contributed by atoms with E-state index in [4.69, 9.17) is 5.11 Å². The van der Waals surface area contributed by atoms with Crippen LogP contribution in [0, 0.1) is 0 Å². The second-order valence-corrected chi connectivity index (χ2v) is 3.07. The summed E-state index contributed by atoms with van der Waals surface area (Å²) in [5, 5.41) is 8.93. The summed E-state index contributed by atoms with van der Waals surface area (Å²) in [4.78, 5) is 9.55. The Morgan fingerprint density at radius 3 is 2.69 bits per heavy atom. The van der Waals surface area contributed by atoms with Crippen molar-refractivity contribution >= 4 is 5.95 Å². The molecule has 0 aliphatic carbocycles. The van der Waals surface area contributed by atoms with Gasteiger partial charge in [0, 0.05) is 6.54 Å². The predicted octanol–water partition coefficient (Wildman–Crippen LogP) is 0.730. The Morgan fingerprint density at radius 1 is 1.46 bits per heavy atom. The van der Waals surface area contributed by atoms with E-state index in [1.54, 1.807) is 4.90 Å². The zero-order valence-electron chi connectivity index (χ0n) is 7.02. The number of halogens is 1. The summed E-state index contributed by atoms with van der Waals surface area (Å²) in [7, 11) is 0. The van der Waals surface area contributed by atoms with Crippen LogP contribution in [0.5, 0.6) is 5.75 Å². The quantitative estimate of drug-likeness (QED) is 0.697. The van der Waals surface area contributed by atoms with Crippen LogP contribution in [0.1, 0.15) is 6.42 Å². The van der Waals surface area contributed by atoms with E-state index in [0.29, 0.717) is 25.5 Å². The van der Waals surface area contributed by atoms with Crippen molar-refractivity contribution in [2.24, 2.45) is 0 Å². The van der Waals surface area contributed by atoms with E-state index in [2.05, 4.69) is 9.97 Å². The van der Waals surface area contributed by atoms with Gasteiger partial charge < -0.3 is 10.0 Å². The van der Waals surface area contributed by atoms with Crippen molar-refractivity contribution in [2.45, 2.75) is 12.6 Å². The monoisotopic (exact) mass is 183 g/mol. The number of alkyl halides is 1. The molecule has 0 saturated carbocycles. The smallest absolute Gasteiger partial charge is 0.225 e. The van der Waals surface area contributed by atoms with Crippen LogP contribution >= 0.6 is 0 Å². The van der Waals surface area contributed by atoms with Gasteiger partial charge >= 0.3 is 0 Å². The molecule has 1 fully saturated rings. The lowest BCUT2D eigenvalue weighted by Gasteiger charge is -2.13. The molecule has 2 heterocycles. The molecular formula is C8H10FN3O. The van der Waals surface area contributed by atoms with Gasteiger partial charge in [-0.25, -0.2) is 14.4 Å². The van der Waals surface area contributed by atoms with Crippen LogP contribution < -0.4 is 4.90 Å². The summed E-state index contributed by atoms with van der Waals surface area (Å²) in [6.07, 6.45) is 2.38. The van der Waals surface area contributed by atoms with E-state index >= 15 is 0 Å². The molecule has 2 rings (SSSR count). The minimum atomic E-state index is -0.780. The summed E-state index contributed by atoms with van der Waals surface area (Å²) < 4.78 is 12.8. The van der Waals surface area contributed by atoms with E-state index in [1.807, 2.05) is 0 Å². The Balaban J connectivity index is 2.13. The van der Waals surface area contributed by atoms with Gasteiger partial charge in [0.25, 0.3) is 0 Å². The highest BCUT2D eigenvalue weighted by Crippen LogP contribution is 2.18. The summed E-state index contributed by atoms with van der Waals surface area (Å²) in [6.45, 7) is 0.997. The molecule has 1 N–H and O–H groups in total. The highest BCUT2D eigenvalue weighted by molar-refractivity contribution is 5.32. The molecule has 4 nitrogen and oxygen atoms in total. The van der Waals surface area contributed by atoms with Gasteiger partial charge in [-0.3, -0.25) is 0 Å². The topological polar surface area (TPSA) is 49.3 Å². The minimum absolute atomic E-state index is 0.0275. The zero-order valence-corrected chi connectivity index (χ0v) is 7.02. The number of hydrogen-bond acceptors (Lipinski definition) is 4. The van der Waals surface area contributed by atoms with Crippen molar-refractivity contribution < 1.29 is 9.50 Å². The van der Waals surface area contributed by atoms with Crippen LogP contribution in [0.2, 0.25) is 0 Å². The number of aromatic hydroxyl groups is 1. The van der Waals surface area contributed by atoms with Crippen LogP contribution in [0.4, 0.5) is 10.3 Å².